The summed E-state index contributed by atoms with van der Waals surface area (Å²) in [6.45, 7) is 5.12. The molecule has 0 heterocycles. The number of carbonyl (C=O) groups excluding carboxylic acids is 1. The lowest BCUT2D eigenvalue weighted by Gasteiger charge is -2.20. The number of nitrogens with zero attached hydrogens (tertiary/aromatic N) is 1. The van der Waals surface area contributed by atoms with E-state index in [1.807, 2.05) is 18.2 Å². The minimum absolute atomic E-state index is 0.257. The summed E-state index contributed by atoms with van der Waals surface area (Å²) in [5.74, 6) is -0.257. The highest BCUT2D eigenvalue weighted by Gasteiger charge is 2.17. The van der Waals surface area contributed by atoms with E-state index in [4.69, 9.17) is 9.68 Å². The topological polar surface area (TPSA) is 38.8 Å². The SMILES string of the molecule is CCCCON(OCCCC)C(=O)c1ccccc1. The highest BCUT2D eigenvalue weighted by Crippen LogP contribution is 2.07. The Kier molecular flexibility index (Phi) is 7.86. The fraction of sp³-hybridized carbons (Fsp3) is 0.533. The fourth-order valence-corrected chi connectivity index (χ4v) is 1.42. The van der Waals surface area contributed by atoms with Crippen molar-refractivity contribution in [3.8, 4) is 0 Å². The molecule has 0 radical (unpaired) electrons. The Morgan fingerprint density at radius 2 is 1.53 bits per heavy atom. The Hall–Kier alpha value is -1.39. The van der Waals surface area contributed by atoms with E-state index in [1.54, 1.807) is 12.1 Å². The van der Waals surface area contributed by atoms with Gasteiger partial charge in [0.2, 0.25) is 0 Å². The smallest absolute Gasteiger partial charge is 0.264 e. The molecule has 0 N–H and O–H groups in total. The van der Waals surface area contributed by atoms with Crippen LogP contribution in [-0.2, 0) is 9.68 Å². The third kappa shape index (κ3) is 5.85. The minimum Gasteiger partial charge on any atom is -0.264 e. The van der Waals surface area contributed by atoms with Gasteiger partial charge >= 0.3 is 5.91 Å². The van der Waals surface area contributed by atoms with E-state index in [0.717, 1.165) is 30.9 Å². The molecule has 1 amide bonds. The van der Waals surface area contributed by atoms with Gasteiger partial charge in [0, 0.05) is 5.56 Å². The molecule has 0 saturated heterocycles. The van der Waals surface area contributed by atoms with Gasteiger partial charge in [-0.1, -0.05) is 50.1 Å². The Bertz CT molecular complexity index is 344. The van der Waals surface area contributed by atoms with Crippen molar-refractivity contribution >= 4 is 5.91 Å². The van der Waals surface area contributed by atoms with Gasteiger partial charge in [0.25, 0.3) is 0 Å². The average Bonchev–Trinajstić information content (AvgIpc) is 2.46. The number of hydroxylamine groups is 2. The zero-order valence-corrected chi connectivity index (χ0v) is 11.8. The minimum atomic E-state index is -0.257. The van der Waals surface area contributed by atoms with Crippen LogP contribution in [0.2, 0.25) is 0 Å². The maximum Gasteiger partial charge on any atom is 0.303 e. The molecule has 4 heteroatoms. The number of unbranched alkanes of at least 4 members (excludes halogenated alkanes) is 2. The van der Waals surface area contributed by atoms with Gasteiger partial charge in [-0.05, 0) is 25.0 Å². The number of benzene rings is 1. The van der Waals surface area contributed by atoms with Gasteiger partial charge in [0.15, 0.2) is 0 Å². The van der Waals surface area contributed by atoms with E-state index in [0.29, 0.717) is 18.8 Å². The molecule has 1 aromatic carbocycles. The van der Waals surface area contributed by atoms with Crippen molar-refractivity contribution < 1.29 is 14.5 Å². The molecule has 106 valence electrons. The molecular formula is C15H23NO3. The van der Waals surface area contributed by atoms with Crippen LogP contribution >= 0.6 is 0 Å². The standard InChI is InChI=1S/C15H23NO3/c1-3-5-12-18-16(19-13-6-4-2)15(17)14-10-8-7-9-11-14/h7-11H,3-6,12-13H2,1-2H3. The van der Waals surface area contributed by atoms with Crippen molar-refractivity contribution in [1.29, 1.82) is 0 Å². The molecule has 19 heavy (non-hydrogen) atoms. The third-order valence-electron chi connectivity index (χ3n) is 2.60. The monoisotopic (exact) mass is 265 g/mol. The van der Waals surface area contributed by atoms with Crippen molar-refractivity contribution in [1.82, 2.24) is 5.23 Å². The van der Waals surface area contributed by atoms with Crippen LogP contribution in [0.5, 0.6) is 0 Å². The summed E-state index contributed by atoms with van der Waals surface area (Å²) in [7, 11) is 0. The summed E-state index contributed by atoms with van der Waals surface area (Å²) in [6.07, 6.45) is 3.83. The van der Waals surface area contributed by atoms with Crippen LogP contribution in [0.25, 0.3) is 0 Å². The number of hydrogen-bond donors (Lipinski definition) is 0. The first kappa shape index (κ1) is 15.7. The van der Waals surface area contributed by atoms with E-state index in [1.165, 1.54) is 0 Å². The molecule has 0 aliphatic carbocycles. The maximum atomic E-state index is 12.2. The van der Waals surface area contributed by atoms with E-state index in [-0.39, 0.29) is 5.91 Å². The number of hydrogen-bond acceptors (Lipinski definition) is 3. The van der Waals surface area contributed by atoms with Crippen LogP contribution in [0.15, 0.2) is 30.3 Å². The van der Waals surface area contributed by atoms with E-state index in [2.05, 4.69) is 13.8 Å². The molecular weight excluding hydrogens is 242 g/mol. The molecule has 0 aliphatic heterocycles. The summed E-state index contributed by atoms with van der Waals surface area (Å²) < 4.78 is 0. The molecule has 0 aliphatic rings. The zero-order valence-electron chi connectivity index (χ0n) is 11.8. The molecule has 0 unspecified atom stereocenters. The largest absolute Gasteiger partial charge is 0.303 e. The first-order valence-electron chi connectivity index (χ1n) is 6.95. The predicted octanol–water partition coefficient (Wildman–Crippen LogP) is 3.59. The third-order valence-corrected chi connectivity index (χ3v) is 2.60. The lowest BCUT2D eigenvalue weighted by Crippen LogP contribution is -2.32. The van der Waals surface area contributed by atoms with Crippen LogP contribution in [0.1, 0.15) is 49.9 Å². The summed E-state index contributed by atoms with van der Waals surface area (Å²) in [5.41, 5.74) is 0.565. The van der Waals surface area contributed by atoms with Gasteiger partial charge in [-0.15, -0.1) is 0 Å². The van der Waals surface area contributed by atoms with Crippen molar-refractivity contribution in [3.63, 3.8) is 0 Å². The Morgan fingerprint density at radius 3 is 2.00 bits per heavy atom. The van der Waals surface area contributed by atoms with E-state index < -0.39 is 0 Å². The van der Waals surface area contributed by atoms with Gasteiger partial charge in [-0.25, -0.2) is 9.68 Å². The Balaban J connectivity index is 2.57. The molecule has 0 spiro atoms. The fourth-order valence-electron chi connectivity index (χ4n) is 1.42. The second-order valence-electron chi connectivity index (χ2n) is 4.30. The van der Waals surface area contributed by atoms with Crippen LogP contribution in [-0.4, -0.2) is 24.3 Å². The second-order valence-corrected chi connectivity index (χ2v) is 4.30. The molecule has 0 bridgehead atoms. The van der Waals surface area contributed by atoms with Crippen molar-refractivity contribution in [2.75, 3.05) is 13.2 Å². The molecule has 1 aromatic rings. The maximum absolute atomic E-state index is 12.2. The van der Waals surface area contributed by atoms with Crippen LogP contribution in [0, 0.1) is 0 Å². The predicted molar refractivity (Wildman–Crippen MR) is 74.3 cm³/mol. The van der Waals surface area contributed by atoms with Gasteiger partial charge in [0.05, 0.1) is 13.2 Å². The summed E-state index contributed by atoms with van der Waals surface area (Å²) in [6, 6.07) is 9.02. The molecule has 1 rings (SSSR count). The highest BCUT2D eigenvalue weighted by molar-refractivity contribution is 5.92. The summed E-state index contributed by atoms with van der Waals surface area (Å²) in [5, 5.41) is 1.03. The van der Waals surface area contributed by atoms with E-state index in [9.17, 15) is 4.79 Å². The van der Waals surface area contributed by atoms with Crippen molar-refractivity contribution in [2.24, 2.45) is 0 Å². The Labute approximate surface area is 115 Å². The van der Waals surface area contributed by atoms with Crippen molar-refractivity contribution in [3.05, 3.63) is 35.9 Å². The number of carbonyl (C=O) groups is 1. The summed E-state index contributed by atoms with van der Waals surface area (Å²) >= 11 is 0. The molecule has 0 aromatic heterocycles. The van der Waals surface area contributed by atoms with Crippen LogP contribution < -0.4 is 0 Å². The molecule has 0 fully saturated rings. The summed E-state index contributed by atoms with van der Waals surface area (Å²) in [4.78, 5) is 23.0. The lowest BCUT2D eigenvalue weighted by atomic mass is 10.2. The average molecular weight is 265 g/mol. The number of rotatable bonds is 9. The second kappa shape index (κ2) is 9.53. The first-order valence-corrected chi connectivity index (χ1v) is 6.95. The van der Waals surface area contributed by atoms with E-state index >= 15 is 0 Å². The van der Waals surface area contributed by atoms with Gasteiger partial charge in [-0.3, -0.25) is 4.79 Å². The quantitative estimate of drug-likeness (QED) is 0.506. The van der Waals surface area contributed by atoms with Crippen molar-refractivity contribution in [2.45, 2.75) is 39.5 Å². The molecule has 0 saturated carbocycles. The van der Waals surface area contributed by atoms with Crippen LogP contribution in [0.4, 0.5) is 0 Å². The molecule has 0 atom stereocenters. The molecule has 4 nitrogen and oxygen atoms in total. The first-order chi connectivity index (χ1) is 9.29. The van der Waals surface area contributed by atoms with Gasteiger partial charge < -0.3 is 0 Å². The van der Waals surface area contributed by atoms with Crippen LogP contribution in [0.3, 0.4) is 0 Å². The lowest BCUT2D eigenvalue weighted by molar-refractivity contribution is -0.327. The highest BCUT2D eigenvalue weighted by atomic mass is 17.0. The Morgan fingerprint density at radius 1 is 1.00 bits per heavy atom. The zero-order chi connectivity index (χ0) is 13.9. The number of amides is 1. The van der Waals surface area contributed by atoms with Gasteiger partial charge in [0.1, 0.15) is 0 Å². The normalized spacial score (nSPS) is 10.4. The van der Waals surface area contributed by atoms with Gasteiger partial charge in [-0.2, -0.15) is 0 Å².